The van der Waals surface area contributed by atoms with Crippen LogP contribution in [-0.4, -0.2) is 23.4 Å². The Morgan fingerprint density at radius 2 is 1.95 bits per heavy atom. The van der Waals surface area contributed by atoms with Crippen molar-refractivity contribution < 1.29 is 0 Å². The number of hydrogen-bond donors (Lipinski definition) is 0. The number of para-hydroxylation sites is 1. The van der Waals surface area contributed by atoms with Crippen molar-refractivity contribution in [2.45, 2.75) is 32.6 Å². The van der Waals surface area contributed by atoms with Gasteiger partial charge in [0.25, 0.3) is 0 Å². The zero-order chi connectivity index (χ0) is 14.5. The second kappa shape index (κ2) is 6.80. The van der Waals surface area contributed by atoms with Crippen molar-refractivity contribution in [1.29, 1.82) is 0 Å². The van der Waals surface area contributed by atoms with Gasteiger partial charge in [0.1, 0.15) is 5.82 Å². The Morgan fingerprint density at radius 1 is 1.25 bits per heavy atom. The quantitative estimate of drug-likeness (QED) is 0.745. The van der Waals surface area contributed by atoms with Gasteiger partial charge in [-0.1, -0.05) is 31.5 Å². The summed E-state index contributed by atoms with van der Waals surface area (Å²) >= 11 is 6.14. The van der Waals surface area contributed by atoms with Crippen LogP contribution in [0.5, 0.6) is 0 Å². The van der Waals surface area contributed by atoms with E-state index in [1.54, 1.807) is 0 Å². The van der Waals surface area contributed by atoms with Crippen LogP contribution in [-0.2, 0) is 5.88 Å². The molecule has 108 valence electrons. The van der Waals surface area contributed by atoms with E-state index in [1.165, 1.54) is 6.42 Å². The number of anilines is 1. The van der Waals surface area contributed by atoms with Crippen LogP contribution in [0.2, 0.25) is 0 Å². The lowest BCUT2D eigenvalue weighted by atomic mass is 10.2. The van der Waals surface area contributed by atoms with Crippen LogP contribution in [0.25, 0.3) is 5.69 Å². The number of benzene rings is 1. The summed E-state index contributed by atoms with van der Waals surface area (Å²) in [7, 11) is 2.11. The molecule has 0 spiro atoms. The first-order chi connectivity index (χ1) is 9.69. The molecular weight excluding hydrogens is 270 g/mol. The summed E-state index contributed by atoms with van der Waals surface area (Å²) in [4.78, 5) is 2.26. The number of hydrogen-bond acceptors (Lipinski definition) is 2. The molecular formula is C16H22ClN3. The van der Waals surface area contributed by atoms with Gasteiger partial charge in [-0.25, -0.2) is 4.68 Å². The second-order valence-corrected chi connectivity index (χ2v) is 5.31. The van der Waals surface area contributed by atoms with E-state index in [4.69, 9.17) is 11.6 Å². The van der Waals surface area contributed by atoms with Gasteiger partial charge in [0, 0.05) is 19.2 Å². The predicted octanol–water partition coefficient (Wildman–Crippen LogP) is 4.16. The minimum atomic E-state index is 0.491. The zero-order valence-corrected chi connectivity index (χ0v) is 13.2. The molecule has 0 saturated carbocycles. The van der Waals surface area contributed by atoms with E-state index in [9.17, 15) is 0 Å². The normalized spacial score (nSPS) is 10.8. The maximum atomic E-state index is 6.14. The van der Waals surface area contributed by atoms with Gasteiger partial charge in [0.05, 0.1) is 17.3 Å². The molecule has 0 atom stereocenters. The monoisotopic (exact) mass is 291 g/mol. The fourth-order valence-electron chi connectivity index (χ4n) is 2.35. The van der Waals surface area contributed by atoms with Gasteiger partial charge >= 0.3 is 0 Å². The van der Waals surface area contributed by atoms with E-state index in [-0.39, 0.29) is 0 Å². The van der Waals surface area contributed by atoms with Gasteiger partial charge in [-0.15, -0.1) is 11.6 Å². The molecule has 0 amide bonds. The van der Waals surface area contributed by atoms with Crippen molar-refractivity contribution in [1.82, 2.24) is 9.78 Å². The maximum absolute atomic E-state index is 6.14. The lowest BCUT2D eigenvalue weighted by Crippen LogP contribution is -2.22. The van der Waals surface area contributed by atoms with E-state index in [0.29, 0.717) is 5.88 Å². The third-order valence-corrected chi connectivity index (χ3v) is 3.77. The molecule has 0 fully saturated rings. The van der Waals surface area contributed by atoms with Crippen LogP contribution in [0.3, 0.4) is 0 Å². The van der Waals surface area contributed by atoms with E-state index in [1.807, 2.05) is 29.8 Å². The summed E-state index contributed by atoms with van der Waals surface area (Å²) in [6.45, 7) is 5.24. The highest BCUT2D eigenvalue weighted by Crippen LogP contribution is 2.28. The van der Waals surface area contributed by atoms with Crippen molar-refractivity contribution in [2.75, 3.05) is 18.5 Å². The zero-order valence-electron chi connectivity index (χ0n) is 12.4. The average molecular weight is 292 g/mol. The number of aromatic nitrogens is 2. The standard InChI is InChI=1S/C16H22ClN3/c1-4-5-11-19(3)16-15(12-17)13(2)18-20(16)14-9-7-6-8-10-14/h6-10H,4-5,11-12H2,1-3H3. The van der Waals surface area contributed by atoms with E-state index in [2.05, 4.69) is 36.1 Å². The van der Waals surface area contributed by atoms with Crippen molar-refractivity contribution in [3.63, 3.8) is 0 Å². The number of nitrogens with zero attached hydrogens (tertiary/aromatic N) is 3. The van der Waals surface area contributed by atoms with Crippen molar-refractivity contribution in [3.05, 3.63) is 41.6 Å². The molecule has 0 radical (unpaired) electrons. The van der Waals surface area contributed by atoms with Crippen LogP contribution in [0.15, 0.2) is 30.3 Å². The number of rotatable bonds is 6. The Bertz CT molecular complexity index is 548. The topological polar surface area (TPSA) is 21.1 Å². The summed E-state index contributed by atoms with van der Waals surface area (Å²) in [5.74, 6) is 1.60. The number of halogens is 1. The molecule has 0 aliphatic heterocycles. The highest BCUT2D eigenvalue weighted by Gasteiger charge is 2.18. The third-order valence-electron chi connectivity index (χ3n) is 3.50. The van der Waals surface area contributed by atoms with Gasteiger partial charge in [-0.05, 0) is 25.5 Å². The molecule has 20 heavy (non-hydrogen) atoms. The van der Waals surface area contributed by atoms with Gasteiger partial charge in [-0.3, -0.25) is 0 Å². The Hall–Kier alpha value is -1.48. The van der Waals surface area contributed by atoms with Crippen molar-refractivity contribution >= 4 is 17.4 Å². The van der Waals surface area contributed by atoms with Gasteiger partial charge in [-0.2, -0.15) is 5.10 Å². The third kappa shape index (κ3) is 2.98. The van der Waals surface area contributed by atoms with Gasteiger partial charge < -0.3 is 4.90 Å². The molecule has 2 rings (SSSR count). The molecule has 1 aromatic heterocycles. The van der Waals surface area contributed by atoms with E-state index < -0.39 is 0 Å². The lowest BCUT2D eigenvalue weighted by Gasteiger charge is -2.21. The number of unbranched alkanes of at least 4 members (excludes halogenated alkanes) is 1. The van der Waals surface area contributed by atoms with Crippen molar-refractivity contribution in [3.8, 4) is 5.69 Å². The van der Waals surface area contributed by atoms with Crippen molar-refractivity contribution in [2.24, 2.45) is 0 Å². The van der Waals surface area contributed by atoms with Crippen LogP contribution >= 0.6 is 11.6 Å². The molecule has 0 bridgehead atoms. The van der Waals surface area contributed by atoms with Crippen LogP contribution in [0.1, 0.15) is 31.0 Å². The summed E-state index contributed by atoms with van der Waals surface area (Å²) in [5, 5.41) is 4.67. The van der Waals surface area contributed by atoms with Gasteiger partial charge in [0.15, 0.2) is 0 Å². The Labute approximate surface area is 126 Å². The Kier molecular flexibility index (Phi) is 5.07. The van der Waals surface area contributed by atoms with E-state index in [0.717, 1.165) is 35.7 Å². The van der Waals surface area contributed by atoms with Gasteiger partial charge in [0.2, 0.25) is 0 Å². The largest absolute Gasteiger partial charge is 0.359 e. The summed E-state index contributed by atoms with van der Waals surface area (Å²) in [6.07, 6.45) is 2.34. The molecule has 2 aromatic rings. The number of alkyl halides is 1. The highest BCUT2D eigenvalue weighted by atomic mass is 35.5. The minimum absolute atomic E-state index is 0.491. The number of aryl methyl sites for hydroxylation is 1. The SMILES string of the molecule is CCCCN(C)c1c(CCl)c(C)nn1-c1ccccc1. The average Bonchev–Trinajstić information content (AvgIpc) is 2.82. The lowest BCUT2D eigenvalue weighted by molar-refractivity contribution is 0.737. The van der Waals surface area contributed by atoms with E-state index >= 15 is 0 Å². The second-order valence-electron chi connectivity index (χ2n) is 5.04. The van der Waals surface area contributed by atoms with Crippen LogP contribution in [0.4, 0.5) is 5.82 Å². The smallest absolute Gasteiger partial charge is 0.136 e. The first-order valence-electron chi connectivity index (χ1n) is 7.10. The van der Waals surface area contributed by atoms with Crippen LogP contribution in [0, 0.1) is 6.92 Å². The Morgan fingerprint density at radius 3 is 2.55 bits per heavy atom. The molecule has 0 N–H and O–H groups in total. The summed E-state index contributed by atoms with van der Waals surface area (Å²) in [6, 6.07) is 10.2. The first kappa shape index (κ1) is 14.9. The summed E-state index contributed by atoms with van der Waals surface area (Å²) < 4.78 is 2.00. The summed E-state index contributed by atoms with van der Waals surface area (Å²) in [5.41, 5.74) is 3.20. The highest BCUT2D eigenvalue weighted by molar-refractivity contribution is 6.17. The molecule has 1 heterocycles. The fraction of sp³-hybridized carbons (Fsp3) is 0.438. The minimum Gasteiger partial charge on any atom is -0.359 e. The fourth-order valence-corrected chi connectivity index (χ4v) is 2.66. The molecule has 4 heteroatoms. The first-order valence-corrected chi connectivity index (χ1v) is 7.63. The van der Waals surface area contributed by atoms with Crippen LogP contribution < -0.4 is 4.90 Å². The molecule has 1 aromatic carbocycles. The molecule has 0 aliphatic rings. The Balaban J connectivity index is 2.46. The molecule has 0 saturated heterocycles. The predicted molar refractivity (Wildman–Crippen MR) is 86.0 cm³/mol. The molecule has 0 aliphatic carbocycles. The molecule has 0 unspecified atom stereocenters. The molecule has 3 nitrogen and oxygen atoms in total. The maximum Gasteiger partial charge on any atom is 0.136 e.